The fraction of sp³-hybridized carbons (Fsp3) is 0.261. The van der Waals surface area contributed by atoms with E-state index in [0.717, 1.165) is 41.2 Å². The van der Waals surface area contributed by atoms with E-state index in [0.29, 0.717) is 18.5 Å². The van der Waals surface area contributed by atoms with Crippen LogP contribution >= 0.6 is 0 Å². The zero-order valence-corrected chi connectivity index (χ0v) is 16.7. The molecule has 0 atom stereocenters. The van der Waals surface area contributed by atoms with Crippen molar-refractivity contribution in [2.45, 2.75) is 33.2 Å². The summed E-state index contributed by atoms with van der Waals surface area (Å²) in [5.74, 6) is 0.0207. The SMILES string of the molecule is Cc1cccc(-n2ncc(C(=O)NCc3ccc(N4CCCC4=O)cc3)c2C)c1. The topological polar surface area (TPSA) is 67.2 Å². The van der Waals surface area contributed by atoms with Gasteiger partial charge in [0, 0.05) is 25.2 Å². The summed E-state index contributed by atoms with van der Waals surface area (Å²) < 4.78 is 1.78. The summed E-state index contributed by atoms with van der Waals surface area (Å²) in [5.41, 5.74) is 5.34. The quantitative estimate of drug-likeness (QED) is 0.727. The average molecular weight is 388 g/mol. The Morgan fingerprint density at radius 2 is 1.90 bits per heavy atom. The Labute approximate surface area is 170 Å². The molecule has 1 aromatic heterocycles. The normalized spacial score (nSPS) is 13.7. The number of carbonyl (C=O) groups excluding carboxylic acids is 2. The molecule has 6 heteroatoms. The lowest BCUT2D eigenvalue weighted by Gasteiger charge is -2.16. The van der Waals surface area contributed by atoms with Crippen molar-refractivity contribution in [2.24, 2.45) is 0 Å². The molecule has 0 radical (unpaired) electrons. The molecule has 3 aromatic rings. The number of aryl methyl sites for hydroxylation is 1. The first-order valence-corrected chi connectivity index (χ1v) is 9.82. The minimum Gasteiger partial charge on any atom is -0.348 e. The number of rotatable bonds is 5. The van der Waals surface area contributed by atoms with Crippen LogP contribution < -0.4 is 10.2 Å². The lowest BCUT2D eigenvalue weighted by Crippen LogP contribution is -2.24. The van der Waals surface area contributed by atoms with Crippen LogP contribution in [0.3, 0.4) is 0 Å². The lowest BCUT2D eigenvalue weighted by molar-refractivity contribution is -0.117. The number of aromatic nitrogens is 2. The molecular weight excluding hydrogens is 364 g/mol. The lowest BCUT2D eigenvalue weighted by atomic mass is 10.1. The van der Waals surface area contributed by atoms with Gasteiger partial charge in [-0.05, 0) is 55.7 Å². The zero-order chi connectivity index (χ0) is 20.4. The summed E-state index contributed by atoms with van der Waals surface area (Å²) >= 11 is 0. The number of benzene rings is 2. The third kappa shape index (κ3) is 3.92. The molecule has 0 aliphatic carbocycles. The van der Waals surface area contributed by atoms with Crippen molar-refractivity contribution < 1.29 is 9.59 Å². The molecule has 1 saturated heterocycles. The number of carbonyl (C=O) groups is 2. The Morgan fingerprint density at radius 3 is 2.59 bits per heavy atom. The van der Waals surface area contributed by atoms with Gasteiger partial charge in [-0.2, -0.15) is 5.10 Å². The van der Waals surface area contributed by atoms with E-state index in [9.17, 15) is 9.59 Å². The largest absolute Gasteiger partial charge is 0.348 e. The first kappa shape index (κ1) is 18.9. The van der Waals surface area contributed by atoms with Gasteiger partial charge < -0.3 is 10.2 Å². The highest BCUT2D eigenvalue weighted by Crippen LogP contribution is 2.21. The highest BCUT2D eigenvalue weighted by molar-refractivity contribution is 5.96. The Morgan fingerprint density at radius 1 is 1.10 bits per heavy atom. The fourth-order valence-corrected chi connectivity index (χ4v) is 3.65. The van der Waals surface area contributed by atoms with E-state index in [1.807, 2.05) is 67.3 Å². The highest BCUT2D eigenvalue weighted by Gasteiger charge is 2.21. The Balaban J connectivity index is 1.42. The standard InChI is InChI=1S/C23H24N4O2/c1-16-5-3-6-20(13-16)27-17(2)21(15-25-27)23(29)24-14-18-8-10-19(11-9-18)26-12-4-7-22(26)28/h3,5-6,8-11,13,15H,4,7,12,14H2,1-2H3,(H,24,29). The first-order valence-electron chi connectivity index (χ1n) is 9.82. The predicted molar refractivity (Wildman–Crippen MR) is 112 cm³/mol. The molecule has 1 aliphatic heterocycles. The van der Waals surface area contributed by atoms with Crippen LogP contribution in [0, 0.1) is 13.8 Å². The second-order valence-electron chi connectivity index (χ2n) is 7.39. The molecule has 4 rings (SSSR count). The molecule has 1 N–H and O–H groups in total. The van der Waals surface area contributed by atoms with Gasteiger partial charge in [0.25, 0.3) is 5.91 Å². The Bertz CT molecular complexity index is 1050. The number of amides is 2. The molecule has 2 heterocycles. The number of nitrogens with one attached hydrogen (secondary N) is 1. The molecule has 2 amide bonds. The van der Waals surface area contributed by atoms with Gasteiger partial charge >= 0.3 is 0 Å². The van der Waals surface area contributed by atoms with Crippen molar-refractivity contribution in [3.63, 3.8) is 0 Å². The maximum atomic E-state index is 12.7. The second-order valence-corrected chi connectivity index (χ2v) is 7.39. The molecular formula is C23H24N4O2. The first-order chi connectivity index (χ1) is 14.0. The van der Waals surface area contributed by atoms with Crippen molar-refractivity contribution in [3.8, 4) is 5.69 Å². The fourth-order valence-electron chi connectivity index (χ4n) is 3.65. The third-order valence-corrected chi connectivity index (χ3v) is 5.28. The van der Waals surface area contributed by atoms with Gasteiger partial charge in [-0.25, -0.2) is 4.68 Å². The van der Waals surface area contributed by atoms with Crippen LogP contribution in [-0.4, -0.2) is 28.1 Å². The third-order valence-electron chi connectivity index (χ3n) is 5.28. The Hall–Kier alpha value is -3.41. The van der Waals surface area contributed by atoms with E-state index in [4.69, 9.17) is 0 Å². The number of nitrogens with zero attached hydrogens (tertiary/aromatic N) is 3. The molecule has 0 saturated carbocycles. The number of anilines is 1. The van der Waals surface area contributed by atoms with Gasteiger partial charge in [-0.15, -0.1) is 0 Å². The summed E-state index contributed by atoms with van der Waals surface area (Å²) in [6, 6.07) is 15.8. The van der Waals surface area contributed by atoms with E-state index < -0.39 is 0 Å². The van der Waals surface area contributed by atoms with Crippen LogP contribution in [0.2, 0.25) is 0 Å². The molecule has 6 nitrogen and oxygen atoms in total. The van der Waals surface area contributed by atoms with Gasteiger partial charge in [0.15, 0.2) is 0 Å². The van der Waals surface area contributed by atoms with E-state index >= 15 is 0 Å². The van der Waals surface area contributed by atoms with Crippen LogP contribution in [-0.2, 0) is 11.3 Å². The van der Waals surface area contributed by atoms with E-state index in [-0.39, 0.29) is 11.8 Å². The summed E-state index contributed by atoms with van der Waals surface area (Å²) in [4.78, 5) is 26.3. The molecule has 148 valence electrons. The van der Waals surface area contributed by atoms with Crippen LogP contribution in [0.5, 0.6) is 0 Å². The molecule has 0 unspecified atom stereocenters. The Kier molecular flexibility index (Phi) is 5.16. The number of hydrogen-bond acceptors (Lipinski definition) is 3. The molecule has 1 fully saturated rings. The van der Waals surface area contributed by atoms with Crippen molar-refractivity contribution in [2.75, 3.05) is 11.4 Å². The molecule has 0 spiro atoms. The van der Waals surface area contributed by atoms with E-state index in [1.165, 1.54) is 0 Å². The zero-order valence-electron chi connectivity index (χ0n) is 16.7. The summed E-state index contributed by atoms with van der Waals surface area (Å²) in [6.45, 7) is 5.12. The highest BCUT2D eigenvalue weighted by atomic mass is 16.2. The smallest absolute Gasteiger partial charge is 0.255 e. The van der Waals surface area contributed by atoms with Gasteiger partial charge in [0.2, 0.25) is 5.91 Å². The van der Waals surface area contributed by atoms with Gasteiger partial charge in [0.1, 0.15) is 0 Å². The second kappa shape index (κ2) is 7.91. The summed E-state index contributed by atoms with van der Waals surface area (Å²) in [6.07, 6.45) is 3.13. The van der Waals surface area contributed by atoms with Gasteiger partial charge in [-0.3, -0.25) is 9.59 Å². The van der Waals surface area contributed by atoms with Crippen molar-refractivity contribution in [1.29, 1.82) is 0 Å². The molecule has 29 heavy (non-hydrogen) atoms. The van der Waals surface area contributed by atoms with E-state index in [1.54, 1.807) is 10.9 Å². The molecule has 2 aromatic carbocycles. The maximum absolute atomic E-state index is 12.7. The molecule has 1 aliphatic rings. The average Bonchev–Trinajstić information content (AvgIpc) is 3.32. The monoisotopic (exact) mass is 388 g/mol. The summed E-state index contributed by atoms with van der Waals surface area (Å²) in [5, 5.41) is 7.34. The molecule has 0 bridgehead atoms. The van der Waals surface area contributed by atoms with Gasteiger partial charge in [-0.1, -0.05) is 24.3 Å². The predicted octanol–water partition coefficient (Wildman–Crippen LogP) is 3.55. The van der Waals surface area contributed by atoms with Crippen molar-refractivity contribution in [1.82, 2.24) is 15.1 Å². The van der Waals surface area contributed by atoms with E-state index in [2.05, 4.69) is 10.4 Å². The minimum absolute atomic E-state index is 0.153. The minimum atomic E-state index is -0.153. The van der Waals surface area contributed by atoms with Crippen LogP contribution in [0.25, 0.3) is 5.69 Å². The van der Waals surface area contributed by atoms with Crippen molar-refractivity contribution >= 4 is 17.5 Å². The van der Waals surface area contributed by atoms with Crippen LogP contribution in [0.4, 0.5) is 5.69 Å². The van der Waals surface area contributed by atoms with Crippen LogP contribution in [0.15, 0.2) is 54.7 Å². The van der Waals surface area contributed by atoms with Crippen molar-refractivity contribution in [3.05, 3.63) is 77.1 Å². The maximum Gasteiger partial charge on any atom is 0.255 e. The van der Waals surface area contributed by atoms with Gasteiger partial charge in [0.05, 0.1) is 23.1 Å². The van der Waals surface area contributed by atoms with Crippen LogP contribution in [0.1, 0.15) is 40.0 Å². The number of hydrogen-bond donors (Lipinski definition) is 1. The summed E-state index contributed by atoms with van der Waals surface area (Å²) in [7, 11) is 0.